The SMILES string of the molecule is Cc1sc2ncnc(Sc3ccccc3C(=O)N[C@@H](C)[C@@H]3C[C@H]4CC[C@H]3C4)c2c1C. The Morgan fingerprint density at radius 1 is 1.20 bits per heavy atom. The van der Waals surface area contributed by atoms with Crippen molar-refractivity contribution in [3.63, 3.8) is 0 Å². The van der Waals surface area contributed by atoms with E-state index in [0.29, 0.717) is 5.92 Å². The molecule has 0 spiro atoms. The number of thiophene rings is 1. The zero-order valence-corrected chi connectivity index (χ0v) is 19.3. The number of aryl methyl sites for hydroxylation is 2. The quantitative estimate of drug-likeness (QED) is 0.496. The average Bonchev–Trinajstić information content (AvgIpc) is 3.44. The molecule has 0 aliphatic heterocycles. The van der Waals surface area contributed by atoms with Crippen LogP contribution in [0.1, 0.15) is 53.4 Å². The van der Waals surface area contributed by atoms with E-state index in [0.717, 1.165) is 37.5 Å². The Balaban J connectivity index is 1.39. The lowest BCUT2D eigenvalue weighted by atomic mass is 9.84. The smallest absolute Gasteiger partial charge is 0.252 e. The van der Waals surface area contributed by atoms with Crippen molar-refractivity contribution < 1.29 is 4.79 Å². The van der Waals surface area contributed by atoms with Gasteiger partial charge in [0.25, 0.3) is 5.91 Å². The van der Waals surface area contributed by atoms with E-state index in [1.165, 1.54) is 36.1 Å². The van der Waals surface area contributed by atoms with Crippen LogP contribution in [0.15, 0.2) is 40.5 Å². The molecule has 3 aromatic rings. The third-order valence-corrected chi connectivity index (χ3v) is 9.26. The summed E-state index contributed by atoms with van der Waals surface area (Å²) in [6.45, 7) is 6.43. The van der Waals surface area contributed by atoms with Crippen LogP contribution in [0.5, 0.6) is 0 Å². The zero-order valence-electron chi connectivity index (χ0n) is 17.6. The van der Waals surface area contributed by atoms with Gasteiger partial charge >= 0.3 is 0 Å². The summed E-state index contributed by atoms with van der Waals surface area (Å²) in [4.78, 5) is 25.4. The number of nitrogens with zero attached hydrogens (tertiary/aromatic N) is 2. The highest BCUT2D eigenvalue weighted by atomic mass is 32.2. The van der Waals surface area contributed by atoms with Gasteiger partial charge in [-0.05, 0) is 75.5 Å². The fourth-order valence-corrected chi connectivity index (χ4v) is 7.51. The van der Waals surface area contributed by atoms with Gasteiger partial charge in [-0.1, -0.05) is 30.3 Å². The highest BCUT2D eigenvalue weighted by Crippen LogP contribution is 2.49. The van der Waals surface area contributed by atoms with E-state index in [4.69, 9.17) is 0 Å². The van der Waals surface area contributed by atoms with Crippen LogP contribution < -0.4 is 5.32 Å². The minimum absolute atomic E-state index is 0.0249. The number of rotatable bonds is 5. The van der Waals surface area contributed by atoms with Crippen molar-refractivity contribution >= 4 is 39.2 Å². The summed E-state index contributed by atoms with van der Waals surface area (Å²) in [5.41, 5.74) is 1.96. The van der Waals surface area contributed by atoms with Gasteiger partial charge in [-0.3, -0.25) is 4.79 Å². The molecule has 1 amide bonds. The van der Waals surface area contributed by atoms with Gasteiger partial charge < -0.3 is 5.32 Å². The monoisotopic (exact) mass is 437 g/mol. The Labute approximate surface area is 185 Å². The lowest BCUT2D eigenvalue weighted by Crippen LogP contribution is -2.40. The average molecular weight is 438 g/mol. The van der Waals surface area contributed by atoms with Crippen LogP contribution in [-0.2, 0) is 0 Å². The molecule has 2 saturated carbocycles. The molecule has 0 radical (unpaired) electrons. The third-order valence-electron chi connectivity index (χ3n) is 7.06. The number of aromatic nitrogens is 2. The van der Waals surface area contributed by atoms with Crippen LogP contribution in [-0.4, -0.2) is 21.9 Å². The molecule has 30 heavy (non-hydrogen) atoms. The van der Waals surface area contributed by atoms with E-state index in [1.54, 1.807) is 29.4 Å². The van der Waals surface area contributed by atoms with Crippen LogP contribution in [0.4, 0.5) is 0 Å². The molecule has 2 aliphatic rings. The number of nitrogens with one attached hydrogen (secondary N) is 1. The second-order valence-corrected chi connectivity index (χ2v) is 11.1. The second-order valence-electron chi connectivity index (χ2n) is 8.84. The molecule has 4 atom stereocenters. The number of hydrogen-bond donors (Lipinski definition) is 1. The van der Waals surface area contributed by atoms with Crippen LogP contribution in [0.3, 0.4) is 0 Å². The summed E-state index contributed by atoms with van der Waals surface area (Å²) in [6.07, 6.45) is 6.99. The van der Waals surface area contributed by atoms with Crippen molar-refractivity contribution in [3.05, 3.63) is 46.6 Å². The molecule has 2 bridgehead atoms. The molecular formula is C24H27N3OS2. The molecule has 0 saturated heterocycles. The van der Waals surface area contributed by atoms with Gasteiger partial charge in [0, 0.05) is 21.2 Å². The van der Waals surface area contributed by atoms with Crippen molar-refractivity contribution in [2.24, 2.45) is 17.8 Å². The van der Waals surface area contributed by atoms with Gasteiger partial charge in [-0.2, -0.15) is 0 Å². The maximum Gasteiger partial charge on any atom is 0.252 e. The summed E-state index contributed by atoms with van der Waals surface area (Å²) < 4.78 is 0. The van der Waals surface area contributed by atoms with Crippen molar-refractivity contribution in [2.75, 3.05) is 0 Å². The first-order chi connectivity index (χ1) is 14.5. The molecule has 2 fully saturated rings. The lowest BCUT2D eigenvalue weighted by Gasteiger charge is -2.28. The molecule has 2 heterocycles. The van der Waals surface area contributed by atoms with Gasteiger partial charge in [0.1, 0.15) is 16.2 Å². The third kappa shape index (κ3) is 3.54. The Kier molecular flexibility index (Phi) is 5.31. The number of carbonyl (C=O) groups is 1. The summed E-state index contributed by atoms with van der Waals surface area (Å²) in [6, 6.07) is 8.09. The molecule has 156 valence electrons. The summed E-state index contributed by atoms with van der Waals surface area (Å²) in [5.74, 6) is 2.34. The summed E-state index contributed by atoms with van der Waals surface area (Å²) in [7, 11) is 0. The zero-order chi connectivity index (χ0) is 20.8. The van der Waals surface area contributed by atoms with Crippen molar-refractivity contribution in [2.45, 2.75) is 62.4 Å². The Morgan fingerprint density at radius 2 is 2.03 bits per heavy atom. The fourth-order valence-electron chi connectivity index (χ4n) is 5.37. The molecule has 5 rings (SSSR count). The van der Waals surface area contributed by atoms with Gasteiger partial charge in [0.15, 0.2) is 0 Å². The number of carbonyl (C=O) groups excluding carboxylic acids is 1. The Morgan fingerprint density at radius 3 is 2.80 bits per heavy atom. The first kappa shape index (κ1) is 20.0. The largest absolute Gasteiger partial charge is 0.349 e. The molecule has 2 aromatic heterocycles. The number of hydrogen-bond acceptors (Lipinski definition) is 5. The van der Waals surface area contributed by atoms with Gasteiger partial charge in [0.05, 0.1) is 5.56 Å². The summed E-state index contributed by atoms with van der Waals surface area (Å²) in [5, 5.41) is 5.35. The van der Waals surface area contributed by atoms with Crippen LogP contribution in [0, 0.1) is 31.6 Å². The molecule has 2 aliphatic carbocycles. The molecular weight excluding hydrogens is 410 g/mol. The molecule has 1 N–H and O–H groups in total. The van der Waals surface area contributed by atoms with Crippen LogP contribution >= 0.6 is 23.1 Å². The normalized spacial score (nSPS) is 23.8. The van der Waals surface area contributed by atoms with Gasteiger partial charge in [0.2, 0.25) is 0 Å². The van der Waals surface area contributed by atoms with Gasteiger partial charge in [-0.25, -0.2) is 9.97 Å². The van der Waals surface area contributed by atoms with Crippen molar-refractivity contribution in [3.8, 4) is 0 Å². The van der Waals surface area contributed by atoms with E-state index in [1.807, 2.05) is 24.3 Å². The summed E-state index contributed by atoms with van der Waals surface area (Å²) >= 11 is 3.26. The first-order valence-corrected chi connectivity index (χ1v) is 12.4. The second kappa shape index (κ2) is 7.97. The Bertz CT molecular complexity index is 1110. The van der Waals surface area contributed by atoms with E-state index in [9.17, 15) is 4.79 Å². The lowest BCUT2D eigenvalue weighted by molar-refractivity contribution is 0.0912. The fraction of sp³-hybridized carbons (Fsp3) is 0.458. The maximum atomic E-state index is 13.2. The van der Waals surface area contributed by atoms with E-state index >= 15 is 0 Å². The molecule has 1 aromatic carbocycles. The molecule has 0 unspecified atom stereocenters. The van der Waals surface area contributed by atoms with Crippen LogP contribution in [0.2, 0.25) is 0 Å². The number of amides is 1. The highest BCUT2D eigenvalue weighted by Gasteiger charge is 2.42. The standard InChI is InChI=1S/C24H27N3OS2/c1-13-15(3)29-23-21(13)24(26-12-25-23)30-20-7-5-4-6-18(20)22(28)27-14(2)19-11-16-8-9-17(19)10-16/h4-7,12,14,16-17,19H,8-11H2,1-3H3,(H,27,28)/t14-,16-,17-,19-/m0/s1. The van der Waals surface area contributed by atoms with Gasteiger partial charge in [-0.15, -0.1) is 11.3 Å². The first-order valence-electron chi connectivity index (χ1n) is 10.8. The molecule has 6 heteroatoms. The number of benzene rings is 1. The topological polar surface area (TPSA) is 54.9 Å². The van der Waals surface area contributed by atoms with Crippen molar-refractivity contribution in [1.29, 1.82) is 0 Å². The Hall–Kier alpha value is -1.92. The minimum Gasteiger partial charge on any atom is -0.349 e. The minimum atomic E-state index is 0.0249. The van der Waals surface area contributed by atoms with Crippen LogP contribution in [0.25, 0.3) is 10.2 Å². The van der Waals surface area contributed by atoms with Crippen molar-refractivity contribution in [1.82, 2.24) is 15.3 Å². The maximum absolute atomic E-state index is 13.2. The predicted octanol–water partition coefficient (Wildman–Crippen LogP) is 6.01. The van der Waals surface area contributed by atoms with E-state index in [2.05, 4.69) is 36.1 Å². The predicted molar refractivity (Wildman–Crippen MR) is 123 cm³/mol. The molecule has 4 nitrogen and oxygen atoms in total. The van der Waals surface area contributed by atoms with E-state index < -0.39 is 0 Å². The highest BCUT2D eigenvalue weighted by molar-refractivity contribution is 7.99. The number of fused-ring (bicyclic) bond motifs is 3. The van der Waals surface area contributed by atoms with E-state index in [-0.39, 0.29) is 11.9 Å².